The first kappa shape index (κ1) is 9.97. The van der Waals surface area contributed by atoms with E-state index >= 15 is 0 Å². The van der Waals surface area contributed by atoms with Gasteiger partial charge in [-0.3, -0.25) is 5.41 Å². The SMILES string of the molecule is N=C(N)N(C(N)=O)c1ccc(F)cc1. The van der Waals surface area contributed by atoms with Crippen LogP contribution in [0.3, 0.4) is 0 Å². The van der Waals surface area contributed by atoms with Gasteiger partial charge in [0.2, 0.25) is 5.96 Å². The summed E-state index contributed by atoms with van der Waals surface area (Å²) in [5.74, 6) is -0.953. The zero-order valence-corrected chi connectivity index (χ0v) is 7.20. The van der Waals surface area contributed by atoms with Gasteiger partial charge in [0.15, 0.2) is 0 Å². The Morgan fingerprint density at radius 3 is 2.14 bits per heavy atom. The summed E-state index contributed by atoms with van der Waals surface area (Å²) in [7, 11) is 0. The monoisotopic (exact) mass is 196 g/mol. The first-order valence-electron chi connectivity index (χ1n) is 3.71. The molecular weight excluding hydrogens is 187 g/mol. The number of amides is 2. The predicted molar refractivity (Wildman–Crippen MR) is 50.4 cm³/mol. The van der Waals surface area contributed by atoms with E-state index in [1.165, 1.54) is 12.1 Å². The summed E-state index contributed by atoms with van der Waals surface area (Å²) in [6, 6.07) is 4.02. The molecule has 74 valence electrons. The van der Waals surface area contributed by atoms with E-state index in [0.29, 0.717) is 0 Å². The highest BCUT2D eigenvalue weighted by Gasteiger charge is 2.14. The summed E-state index contributed by atoms with van der Waals surface area (Å²) in [4.78, 5) is 11.6. The maximum atomic E-state index is 12.5. The fourth-order valence-electron chi connectivity index (χ4n) is 0.975. The van der Waals surface area contributed by atoms with Crippen molar-refractivity contribution in [3.63, 3.8) is 0 Å². The van der Waals surface area contributed by atoms with Crippen LogP contribution in [0.25, 0.3) is 0 Å². The lowest BCUT2D eigenvalue weighted by atomic mass is 10.3. The number of halogens is 1. The number of guanidine groups is 1. The average Bonchev–Trinajstić information content (AvgIpc) is 2.07. The van der Waals surface area contributed by atoms with Gasteiger partial charge in [0.05, 0.1) is 5.69 Å². The highest BCUT2D eigenvalue weighted by Crippen LogP contribution is 2.13. The van der Waals surface area contributed by atoms with Crippen molar-refractivity contribution in [1.82, 2.24) is 0 Å². The van der Waals surface area contributed by atoms with Crippen molar-refractivity contribution in [3.8, 4) is 0 Å². The maximum absolute atomic E-state index is 12.5. The van der Waals surface area contributed by atoms with Gasteiger partial charge < -0.3 is 11.5 Å². The number of primary amides is 1. The molecule has 0 spiro atoms. The number of rotatable bonds is 1. The van der Waals surface area contributed by atoms with Crippen LogP contribution in [-0.4, -0.2) is 12.0 Å². The highest BCUT2D eigenvalue weighted by atomic mass is 19.1. The van der Waals surface area contributed by atoms with Crippen LogP contribution in [-0.2, 0) is 0 Å². The van der Waals surface area contributed by atoms with Gasteiger partial charge in [-0.1, -0.05) is 0 Å². The van der Waals surface area contributed by atoms with Gasteiger partial charge in [-0.15, -0.1) is 0 Å². The van der Waals surface area contributed by atoms with Crippen LogP contribution in [0, 0.1) is 11.2 Å². The minimum absolute atomic E-state index is 0.256. The quantitative estimate of drug-likeness (QED) is 0.453. The number of carbonyl (C=O) groups is 1. The molecule has 0 radical (unpaired) electrons. The Kier molecular flexibility index (Phi) is 2.66. The van der Waals surface area contributed by atoms with Gasteiger partial charge in [0.1, 0.15) is 5.82 Å². The van der Waals surface area contributed by atoms with E-state index in [1.54, 1.807) is 0 Å². The Bertz CT molecular complexity index is 348. The zero-order chi connectivity index (χ0) is 10.7. The molecule has 0 aromatic heterocycles. The van der Waals surface area contributed by atoms with Crippen LogP contribution in [0.1, 0.15) is 0 Å². The van der Waals surface area contributed by atoms with Gasteiger partial charge in [-0.2, -0.15) is 0 Å². The molecule has 0 saturated heterocycles. The number of anilines is 1. The van der Waals surface area contributed by atoms with Crippen molar-refractivity contribution in [2.24, 2.45) is 11.5 Å². The van der Waals surface area contributed by atoms with Crippen LogP contribution in [0.5, 0.6) is 0 Å². The summed E-state index contributed by atoms with van der Waals surface area (Å²) in [5, 5.41) is 7.08. The summed E-state index contributed by atoms with van der Waals surface area (Å²) >= 11 is 0. The minimum Gasteiger partial charge on any atom is -0.369 e. The standard InChI is InChI=1S/C8H9FN4O/c9-5-1-3-6(4-2-5)13(7(10)11)8(12)14/h1-4H,(H3,10,11)(H2,12,14). The zero-order valence-electron chi connectivity index (χ0n) is 7.20. The number of nitrogens with two attached hydrogens (primary N) is 2. The van der Waals surface area contributed by atoms with E-state index < -0.39 is 17.8 Å². The molecule has 1 rings (SSSR count). The molecule has 1 aromatic carbocycles. The Morgan fingerprint density at radius 2 is 1.79 bits per heavy atom. The summed E-state index contributed by atoms with van der Waals surface area (Å²) in [6.45, 7) is 0. The molecule has 5 N–H and O–H groups in total. The Balaban J connectivity index is 3.06. The normalized spacial score (nSPS) is 9.50. The summed E-state index contributed by atoms with van der Waals surface area (Å²) in [6.07, 6.45) is 0. The smallest absolute Gasteiger partial charge is 0.326 e. The lowest BCUT2D eigenvalue weighted by Gasteiger charge is -2.17. The van der Waals surface area contributed by atoms with Gasteiger partial charge in [0.25, 0.3) is 0 Å². The molecule has 0 heterocycles. The molecular formula is C8H9FN4O. The second kappa shape index (κ2) is 3.73. The van der Waals surface area contributed by atoms with E-state index in [1.807, 2.05) is 0 Å². The minimum atomic E-state index is -0.885. The molecule has 0 bridgehead atoms. The fraction of sp³-hybridized carbons (Fsp3) is 0. The van der Waals surface area contributed by atoms with Gasteiger partial charge >= 0.3 is 6.03 Å². The van der Waals surface area contributed by atoms with Crippen molar-refractivity contribution >= 4 is 17.7 Å². The van der Waals surface area contributed by atoms with Crippen LogP contribution in [0.4, 0.5) is 14.9 Å². The van der Waals surface area contributed by atoms with E-state index in [0.717, 1.165) is 17.0 Å². The van der Waals surface area contributed by atoms with Crippen LogP contribution >= 0.6 is 0 Å². The molecule has 0 atom stereocenters. The van der Waals surface area contributed by atoms with Gasteiger partial charge in [-0.25, -0.2) is 14.1 Å². The molecule has 14 heavy (non-hydrogen) atoms. The number of hydrogen-bond donors (Lipinski definition) is 3. The molecule has 2 amide bonds. The van der Waals surface area contributed by atoms with E-state index in [2.05, 4.69) is 0 Å². The molecule has 1 aromatic rings. The molecule has 0 unspecified atom stereocenters. The lowest BCUT2D eigenvalue weighted by molar-refractivity contribution is 0.256. The van der Waals surface area contributed by atoms with Gasteiger partial charge in [0, 0.05) is 0 Å². The summed E-state index contributed by atoms with van der Waals surface area (Å²) < 4.78 is 12.5. The number of urea groups is 1. The predicted octanol–water partition coefficient (Wildman–Crippen LogP) is 0.604. The second-order valence-electron chi connectivity index (χ2n) is 2.54. The molecule has 6 heteroatoms. The lowest BCUT2D eigenvalue weighted by Crippen LogP contribution is -2.44. The number of benzene rings is 1. The highest BCUT2D eigenvalue weighted by molar-refractivity contribution is 6.13. The molecule has 0 aliphatic carbocycles. The largest absolute Gasteiger partial charge is 0.369 e. The number of carbonyl (C=O) groups excluding carboxylic acids is 1. The van der Waals surface area contributed by atoms with Crippen molar-refractivity contribution in [3.05, 3.63) is 30.1 Å². The molecule has 0 aliphatic heterocycles. The third kappa shape index (κ3) is 1.98. The number of nitrogens with one attached hydrogen (secondary N) is 1. The van der Waals surface area contributed by atoms with Crippen LogP contribution < -0.4 is 16.4 Å². The van der Waals surface area contributed by atoms with E-state index in [4.69, 9.17) is 16.9 Å². The summed E-state index contributed by atoms with van der Waals surface area (Å²) in [5.41, 5.74) is 10.4. The molecule has 0 fully saturated rings. The Labute approximate surface area is 79.6 Å². The third-order valence-corrected chi connectivity index (χ3v) is 1.55. The topological polar surface area (TPSA) is 96.2 Å². The van der Waals surface area contributed by atoms with Crippen molar-refractivity contribution in [1.29, 1.82) is 5.41 Å². The van der Waals surface area contributed by atoms with Crippen molar-refractivity contribution in [2.75, 3.05) is 4.90 Å². The molecule has 0 aliphatic rings. The second-order valence-corrected chi connectivity index (χ2v) is 2.54. The number of hydrogen-bond acceptors (Lipinski definition) is 2. The van der Waals surface area contributed by atoms with E-state index in [-0.39, 0.29) is 5.69 Å². The van der Waals surface area contributed by atoms with Crippen LogP contribution in [0.15, 0.2) is 24.3 Å². The molecule has 5 nitrogen and oxygen atoms in total. The van der Waals surface area contributed by atoms with Gasteiger partial charge in [-0.05, 0) is 24.3 Å². The van der Waals surface area contributed by atoms with Crippen molar-refractivity contribution in [2.45, 2.75) is 0 Å². The first-order chi connectivity index (χ1) is 6.52. The van der Waals surface area contributed by atoms with Crippen molar-refractivity contribution < 1.29 is 9.18 Å². The molecule has 0 saturated carbocycles. The average molecular weight is 196 g/mol. The number of nitrogens with zero attached hydrogens (tertiary/aromatic N) is 1. The fourth-order valence-corrected chi connectivity index (χ4v) is 0.975. The van der Waals surface area contributed by atoms with Crippen LogP contribution in [0.2, 0.25) is 0 Å². The first-order valence-corrected chi connectivity index (χ1v) is 3.71. The maximum Gasteiger partial charge on any atom is 0.326 e. The van der Waals surface area contributed by atoms with E-state index in [9.17, 15) is 9.18 Å². The Hall–Kier alpha value is -2.11. The Morgan fingerprint density at radius 1 is 1.29 bits per heavy atom. The third-order valence-electron chi connectivity index (χ3n) is 1.55.